The monoisotopic (exact) mass is 458 g/mol. The largest absolute Gasteiger partial charge is 0.497 e. The van der Waals surface area contributed by atoms with E-state index in [9.17, 15) is 9.59 Å². The summed E-state index contributed by atoms with van der Waals surface area (Å²) in [5, 5.41) is 6.44. The standard InChI is InChI=1S/C27H26N2O5/c1-15-24(28-25(30)16-9-11-17(32-2)12-10-16)23-21(13-18(33-3)14-22(23)34-4)27(15)20-8-6-5-7-19(20)26(31)29-27/h5-15,24H,1-4H3,(H,28,30)(H,29,31)/t15-,24-,27+/m0/s1. The van der Waals surface area contributed by atoms with Crippen molar-refractivity contribution < 1.29 is 23.8 Å². The minimum atomic E-state index is -0.831. The molecule has 0 unspecified atom stereocenters. The predicted octanol–water partition coefficient (Wildman–Crippen LogP) is 3.82. The van der Waals surface area contributed by atoms with Crippen LogP contribution in [0.2, 0.25) is 0 Å². The van der Waals surface area contributed by atoms with Crippen molar-refractivity contribution in [3.63, 3.8) is 0 Å². The van der Waals surface area contributed by atoms with Gasteiger partial charge in [-0.2, -0.15) is 0 Å². The fourth-order valence-electron chi connectivity index (χ4n) is 5.35. The number of nitrogens with one attached hydrogen (secondary N) is 2. The Hall–Kier alpha value is -4.00. The van der Waals surface area contributed by atoms with Crippen molar-refractivity contribution in [3.05, 3.63) is 88.5 Å². The molecule has 7 nitrogen and oxygen atoms in total. The van der Waals surface area contributed by atoms with Crippen LogP contribution in [-0.4, -0.2) is 33.1 Å². The molecule has 0 saturated carbocycles. The van der Waals surface area contributed by atoms with Crippen molar-refractivity contribution in [1.29, 1.82) is 0 Å². The van der Waals surface area contributed by atoms with Gasteiger partial charge in [0.1, 0.15) is 17.2 Å². The highest BCUT2D eigenvalue weighted by Gasteiger charge is 2.57. The Morgan fingerprint density at radius 3 is 2.29 bits per heavy atom. The molecule has 0 aromatic heterocycles. The minimum absolute atomic E-state index is 0.141. The summed E-state index contributed by atoms with van der Waals surface area (Å²) in [7, 11) is 4.77. The lowest BCUT2D eigenvalue weighted by atomic mass is 9.78. The number of hydrogen-bond donors (Lipinski definition) is 2. The van der Waals surface area contributed by atoms with Crippen LogP contribution in [0.25, 0.3) is 0 Å². The van der Waals surface area contributed by atoms with Crippen LogP contribution in [0.3, 0.4) is 0 Å². The number of carbonyl (C=O) groups is 2. The van der Waals surface area contributed by atoms with Crippen molar-refractivity contribution in [2.45, 2.75) is 18.5 Å². The molecule has 5 rings (SSSR count). The third-order valence-corrected chi connectivity index (χ3v) is 7.04. The summed E-state index contributed by atoms with van der Waals surface area (Å²) in [6.45, 7) is 2.03. The zero-order chi connectivity index (χ0) is 24.0. The van der Waals surface area contributed by atoms with Crippen LogP contribution in [-0.2, 0) is 5.54 Å². The Bertz CT molecular complexity index is 1290. The predicted molar refractivity (Wildman–Crippen MR) is 127 cm³/mol. The third-order valence-electron chi connectivity index (χ3n) is 7.04. The number of carbonyl (C=O) groups excluding carboxylic acids is 2. The molecule has 174 valence electrons. The Kier molecular flexibility index (Phi) is 5.20. The van der Waals surface area contributed by atoms with Crippen LogP contribution < -0.4 is 24.8 Å². The van der Waals surface area contributed by atoms with E-state index in [4.69, 9.17) is 14.2 Å². The van der Waals surface area contributed by atoms with Gasteiger partial charge in [0.05, 0.1) is 32.9 Å². The first-order chi connectivity index (χ1) is 16.4. The van der Waals surface area contributed by atoms with Gasteiger partial charge < -0.3 is 24.8 Å². The smallest absolute Gasteiger partial charge is 0.252 e. The highest BCUT2D eigenvalue weighted by Crippen LogP contribution is 2.57. The van der Waals surface area contributed by atoms with Crippen molar-refractivity contribution in [2.75, 3.05) is 21.3 Å². The molecule has 34 heavy (non-hydrogen) atoms. The maximum Gasteiger partial charge on any atom is 0.252 e. The lowest BCUT2D eigenvalue weighted by molar-refractivity contribution is 0.0895. The van der Waals surface area contributed by atoms with E-state index in [-0.39, 0.29) is 17.7 Å². The Balaban J connectivity index is 1.65. The summed E-state index contributed by atoms with van der Waals surface area (Å²) in [6.07, 6.45) is 0. The fraction of sp³-hybridized carbons (Fsp3) is 0.259. The van der Waals surface area contributed by atoms with E-state index >= 15 is 0 Å². The van der Waals surface area contributed by atoms with Gasteiger partial charge in [-0.3, -0.25) is 9.59 Å². The Labute approximate surface area is 198 Å². The molecule has 0 saturated heterocycles. The zero-order valence-corrected chi connectivity index (χ0v) is 19.5. The third kappa shape index (κ3) is 3.04. The molecule has 0 fully saturated rings. The van der Waals surface area contributed by atoms with E-state index in [0.29, 0.717) is 28.4 Å². The second-order valence-corrected chi connectivity index (χ2v) is 8.57. The lowest BCUT2D eigenvalue weighted by Crippen LogP contribution is -2.46. The molecular formula is C27H26N2O5. The van der Waals surface area contributed by atoms with Gasteiger partial charge in [-0.1, -0.05) is 25.1 Å². The normalized spacial score (nSPS) is 22.1. The van der Waals surface area contributed by atoms with E-state index in [1.54, 1.807) is 51.7 Å². The van der Waals surface area contributed by atoms with Gasteiger partial charge in [0, 0.05) is 28.7 Å². The summed E-state index contributed by atoms with van der Waals surface area (Å²) < 4.78 is 16.5. The number of fused-ring (bicyclic) bond motifs is 4. The van der Waals surface area contributed by atoms with Crippen LogP contribution in [0.4, 0.5) is 0 Å². The number of rotatable bonds is 5. The van der Waals surface area contributed by atoms with Gasteiger partial charge in [-0.25, -0.2) is 0 Å². The molecule has 0 bridgehead atoms. The first-order valence-corrected chi connectivity index (χ1v) is 11.1. The highest BCUT2D eigenvalue weighted by atomic mass is 16.5. The number of methoxy groups -OCH3 is 3. The molecule has 1 spiro atoms. The van der Waals surface area contributed by atoms with Gasteiger partial charge in [0.2, 0.25) is 0 Å². The van der Waals surface area contributed by atoms with E-state index in [1.807, 2.05) is 37.3 Å². The molecule has 2 amide bonds. The molecule has 1 aliphatic carbocycles. The molecule has 7 heteroatoms. The van der Waals surface area contributed by atoms with Crippen LogP contribution in [0.15, 0.2) is 60.7 Å². The average Bonchev–Trinajstić information content (AvgIpc) is 3.30. The summed E-state index contributed by atoms with van der Waals surface area (Å²) in [6, 6.07) is 17.8. The van der Waals surface area contributed by atoms with Gasteiger partial charge in [-0.05, 0) is 47.5 Å². The van der Waals surface area contributed by atoms with Crippen molar-refractivity contribution >= 4 is 11.8 Å². The Morgan fingerprint density at radius 1 is 0.912 bits per heavy atom. The van der Waals surface area contributed by atoms with Gasteiger partial charge in [-0.15, -0.1) is 0 Å². The van der Waals surface area contributed by atoms with Gasteiger partial charge in [0.15, 0.2) is 0 Å². The zero-order valence-electron chi connectivity index (χ0n) is 19.5. The Morgan fingerprint density at radius 2 is 1.62 bits per heavy atom. The van der Waals surface area contributed by atoms with Crippen LogP contribution >= 0.6 is 0 Å². The van der Waals surface area contributed by atoms with Crippen molar-refractivity contribution in [2.24, 2.45) is 5.92 Å². The number of hydrogen-bond acceptors (Lipinski definition) is 5. The van der Waals surface area contributed by atoms with Crippen molar-refractivity contribution in [3.8, 4) is 17.2 Å². The highest BCUT2D eigenvalue weighted by molar-refractivity contribution is 6.01. The molecule has 1 aliphatic heterocycles. The molecule has 3 atom stereocenters. The van der Waals surface area contributed by atoms with Gasteiger partial charge in [0.25, 0.3) is 11.8 Å². The van der Waals surface area contributed by atoms with E-state index in [0.717, 1.165) is 16.7 Å². The summed E-state index contributed by atoms with van der Waals surface area (Å²) in [4.78, 5) is 26.3. The second kappa shape index (κ2) is 8.09. The molecule has 3 aromatic rings. The molecule has 1 heterocycles. The molecule has 2 N–H and O–H groups in total. The molecule has 0 radical (unpaired) electrons. The SMILES string of the molecule is COc1ccc(C(=O)N[C@@H]2c3c(OC)cc(OC)cc3[C@@]3(NC(=O)c4ccccc43)[C@H]2C)cc1. The fourth-order valence-corrected chi connectivity index (χ4v) is 5.35. The first kappa shape index (κ1) is 21.8. The second-order valence-electron chi connectivity index (χ2n) is 8.57. The maximum absolute atomic E-state index is 13.3. The first-order valence-electron chi connectivity index (χ1n) is 11.1. The van der Waals surface area contributed by atoms with Crippen LogP contribution in [0.5, 0.6) is 17.2 Å². The average molecular weight is 459 g/mol. The van der Waals surface area contributed by atoms with Crippen LogP contribution in [0, 0.1) is 5.92 Å². The van der Waals surface area contributed by atoms with E-state index in [2.05, 4.69) is 10.6 Å². The lowest BCUT2D eigenvalue weighted by Gasteiger charge is -2.33. The quantitative estimate of drug-likeness (QED) is 0.607. The molecule has 3 aromatic carbocycles. The summed E-state index contributed by atoms with van der Waals surface area (Å²) >= 11 is 0. The van der Waals surface area contributed by atoms with Crippen LogP contribution in [0.1, 0.15) is 50.4 Å². The minimum Gasteiger partial charge on any atom is -0.497 e. The number of amides is 2. The maximum atomic E-state index is 13.3. The number of ether oxygens (including phenoxy) is 3. The van der Waals surface area contributed by atoms with Crippen molar-refractivity contribution in [1.82, 2.24) is 10.6 Å². The van der Waals surface area contributed by atoms with E-state index < -0.39 is 11.6 Å². The summed E-state index contributed by atoms with van der Waals surface area (Å²) in [5.41, 5.74) is 2.88. The van der Waals surface area contributed by atoms with Gasteiger partial charge >= 0.3 is 0 Å². The summed E-state index contributed by atoms with van der Waals surface area (Å²) in [5.74, 6) is 1.31. The molecular weight excluding hydrogens is 432 g/mol. The topological polar surface area (TPSA) is 85.9 Å². The number of benzene rings is 3. The van der Waals surface area contributed by atoms with E-state index in [1.165, 1.54) is 0 Å². The molecule has 2 aliphatic rings.